The van der Waals surface area contributed by atoms with E-state index < -0.39 is 5.82 Å². The zero-order valence-corrected chi connectivity index (χ0v) is 8.27. The largest absolute Gasteiger partial charge is 0.373 e. The average molecular weight is 211 g/mol. The normalized spacial score (nSPS) is 10.5. The molecular weight excluding hydrogens is 203 g/mol. The fourth-order valence-corrected chi connectivity index (χ4v) is 1.42. The Morgan fingerprint density at radius 3 is 2.71 bits per heavy atom. The number of benzene rings is 1. The number of hydrogen-bond acceptors (Lipinski definition) is 2. The molecule has 2 aromatic rings. The van der Waals surface area contributed by atoms with Gasteiger partial charge in [0.25, 0.3) is 0 Å². The molecule has 0 amide bonds. The third-order valence-electron chi connectivity index (χ3n) is 2.01. The number of nitrogens with zero attached hydrogens (tertiary/aromatic N) is 1. The number of aromatic nitrogens is 1. The van der Waals surface area contributed by atoms with Crippen LogP contribution in [0.5, 0.6) is 0 Å². The van der Waals surface area contributed by atoms with E-state index in [1.165, 1.54) is 6.07 Å². The summed E-state index contributed by atoms with van der Waals surface area (Å²) in [5, 5.41) is 3.68. The van der Waals surface area contributed by atoms with E-state index in [1.807, 2.05) is 0 Å². The van der Waals surface area contributed by atoms with Gasteiger partial charge in [-0.25, -0.2) is 9.37 Å². The van der Waals surface area contributed by atoms with Crippen molar-refractivity contribution in [2.45, 2.75) is 0 Å². The minimum atomic E-state index is -0.471. The molecule has 1 N–H and O–H groups in total. The van der Waals surface area contributed by atoms with E-state index in [0.717, 1.165) is 5.39 Å². The van der Waals surface area contributed by atoms with Crippen LogP contribution >= 0.6 is 11.6 Å². The topological polar surface area (TPSA) is 24.9 Å². The molecule has 1 aromatic heterocycles. The predicted octanol–water partition coefficient (Wildman–Crippen LogP) is 3.07. The number of pyridine rings is 1. The summed E-state index contributed by atoms with van der Waals surface area (Å²) < 4.78 is 13.5. The quantitative estimate of drug-likeness (QED) is 0.783. The molecule has 0 radical (unpaired) electrons. The highest BCUT2D eigenvalue weighted by Crippen LogP contribution is 2.23. The fraction of sp³-hybridized carbons (Fsp3) is 0.100. The summed E-state index contributed by atoms with van der Waals surface area (Å²) in [6, 6.07) is 6.86. The molecule has 72 valence electrons. The van der Waals surface area contributed by atoms with Crippen molar-refractivity contribution in [2.75, 3.05) is 12.4 Å². The molecule has 0 saturated heterocycles. The van der Waals surface area contributed by atoms with Crippen molar-refractivity contribution >= 4 is 28.3 Å². The van der Waals surface area contributed by atoms with Crippen molar-refractivity contribution < 1.29 is 4.39 Å². The Balaban J connectivity index is 2.78. The number of hydrogen-bond donors (Lipinski definition) is 1. The van der Waals surface area contributed by atoms with Gasteiger partial charge in [0.15, 0.2) is 5.82 Å². The summed E-state index contributed by atoms with van der Waals surface area (Å²) in [6.45, 7) is 0. The van der Waals surface area contributed by atoms with Gasteiger partial charge in [-0.3, -0.25) is 0 Å². The molecule has 0 spiro atoms. The Labute approximate surface area is 85.7 Å². The predicted molar refractivity (Wildman–Crippen MR) is 56.3 cm³/mol. The van der Waals surface area contributed by atoms with E-state index in [-0.39, 0.29) is 5.02 Å². The number of halogens is 2. The molecule has 2 nitrogen and oxygen atoms in total. The van der Waals surface area contributed by atoms with Gasteiger partial charge in [0.1, 0.15) is 11.3 Å². The van der Waals surface area contributed by atoms with Crippen molar-refractivity contribution in [3.05, 3.63) is 35.1 Å². The van der Waals surface area contributed by atoms with Crippen LogP contribution in [-0.4, -0.2) is 12.0 Å². The fourth-order valence-electron chi connectivity index (χ4n) is 1.27. The minimum Gasteiger partial charge on any atom is -0.373 e. The minimum absolute atomic E-state index is 0.0956. The van der Waals surface area contributed by atoms with Crippen LogP contribution < -0.4 is 5.32 Å². The third kappa shape index (κ3) is 1.40. The second-order valence-electron chi connectivity index (χ2n) is 2.88. The molecular formula is C10H8ClFN2. The van der Waals surface area contributed by atoms with Gasteiger partial charge < -0.3 is 5.32 Å². The first-order chi connectivity index (χ1) is 6.72. The summed E-state index contributed by atoms with van der Waals surface area (Å²) >= 11 is 5.65. The molecule has 2 rings (SSSR count). The zero-order valence-electron chi connectivity index (χ0n) is 7.51. The Kier molecular flexibility index (Phi) is 2.25. The van der Waals surface area contributed by atoms with Gasteiger partial charge in [-0.1, -0.05) is 17.7 Å². The maximum absolute atomic E-state index is 13.5. The summed E-state index contributed by atoms with van der Waals surface area (Å²) in [4.78, 5) is 4.08. The van der Waals surface area contributed by atoms with Gasteiger partial charge in [-0.15, -0.1) is 0 Å². The number of nitrogens with one attached hydrogen (secondary N) is 1. The SMILES string of the molecule is CNc1ccc2ccc(Cl)c(F)c2n1. The molecule has 14 heavy (non-hydrogen) atoms. The van der Waals surface area contributed by atoms with Gasteiger partial charge in [-0.05, 0) is 18.2 Å². The lowest BCUT2D eigenvalue weighted by Gasteiger charge is -2.03. The van der Waals surface area contributed by atoms with Crippen molar-refractivity contribution in [3.63, 3.8) is 0 Å². The molecule has 0 atom stereocenters. The van der Waals surface area contributed by atoms with Crippen LogP contribution in [-0.2, 0) is 0 Å². The lowest BCUT2D eigenvalue weighted by molar-refractivity contribution is 0.637. The van der Waals surface area contributed by atoms with E-state index in [1.54, 1.807) is 25.2 Å². The van der Waals surface area contributed by atoms with Crippen LogP contribution in [0.3, 0.4) is 0 Å². The van der Waals surface area contributed by atoms with E-state index in [4.69, 9.17) is 11.6 Å². The van der Waals surface area contributed by atoms with Crippen LogP contribution in [0.25, 0.3) is 10.9 Å². The molecule has 0 aliphatic carbocycles. The van der Waals surface area contributed by atoms with Crippen LogP contribution in [0.1, 0.15) is 0 Å². The van der Waals surface area contributed by atoms with Gasteiger partial charge >= 0.3 is 0 Å². The van der Waals surface area contributed by atoms with Crippen molar-refractivity contribution in [1.82, 2.24) is 4.98 Å². The standard InChI is InChI=1S/C10H8ClFN2/c1-13-8-5-3-6-2-4-7(11)9(12)10(6)14-8/h2-5H,1H3,(H,13,14). The smallest absolute Gasteiger partial charge is 0.168 e. The number of anilines is 1. The second-order valence-corrected chi connectivity index (χ2v) is 3.29. The summed E-state index contributed by atoms with van der Waals surface area (Å²) in [5.74, 6) is 0.153. The second kappa shape index (κ2) is 3.42. The molecule has 1 heterocycles. The van der Waals surface area contributed by atoms with E-state index in [0.29, 0.717) is 11.3 Å². The molecule has 1 aromatic carbocycles. The first-order valence-corrected chi connectivity index (χ1v) is 4.52. The lowest BCUT2D eigenvalue weighted by atomic mass is 10.2. The summed E-state index contributed by atoms with van der Waals surface area (Å²) in [7, 11) is 1.73. The van der Waals surface area contributed by atoms with Gasteiger partial charge in [0, 0.05) is 12.4 Å². The van der Waals surface area contributed by atoms with Gasteiger partial charge in [-0.2, -0.15) is 0 Å². The molecule has 0 bridgehead atoms. The highest BCUT2D eigenvalue weighted by atomic mass is 35.5. The van der Waals surface area contributed by atoms with Crippen molar-refractivity contribution in [3.8, 4) is 0 Å². The lowest BCUT2D eigenvalue weighted by Crippen LogP contribution is -1.93. The molecule has 0 fully saturated rings. The Morgan fingerprint density at radius 2 is 2.00 bits per heavy atom. The van der Waals surface area contributed by atoms with E-state index in [2.05, 4.69) is 10.3 Å². The van der Waals surface area contributed by atoms with E-state index in [9.17, 15) is 4.39 Å². The number of fused-ring (bicyclic) bond motifs is 1. The highest BCUT2D eigenvalue weighted by Gasteiger charge is 2.06. The highest BCUT2D eigenvalue weighted by molar-refractivity contribution is 6.31. The molecule has 0 aliphatic rings. The van der Waals surface area contributed by atoms with Crippen LogP contribution in [0.4, 0.5) is 10.2 Å². The Bertz CT molecular complexity index is 485. The van der Waals surface area contributed by atoms with Crippen molar-refractivity contribution in [2.24, 2.45) is 0 Å². The Hall–Kier alpha value is -1.35. The van der Waals surface area contributed by atoms with E-state index >= 15 is 0 Å². The zero-order chi connectivity index (χ0) is 10.1. The molecule has 4 heteroatoms. The molecule has 0 unspecified atom stereocenters. The first kappa shape index (κ1) is 9.21. The maximum atomic E-state index is 13.5. The first-order valence-electron chi connectivity index (χ1n) is 4.15. The van der Waals surface area contributed by atoms with Crippen LogP contribution in [0, 0.1) is 5.82 Å². The van der Waals surface area contributed by atoms with Gasteiger partial charge in [0.05, 0.1) is 5.02 Å². The van der Waals surface area contributed by atoms with Crippen molar-refractivity contribution in [1.29, 1.82) is 0 Å². The van der Waals surface area contributed by atoms with Crippen LogP contribution in [0.15, 0.2) is 24.3 Å². The summed E-state index contributed by atoms with van der Waals surface area (Å²) in [5.41, 5.74) is 0.296. The van der Waals surface area contributed by atoms with Crippen LogP contribution in [0.2, 0.25) is 5.02 Å². The number of rotatable bonds is 1. The Morgan fingerprint density at radius 1 is 1.29 bits per heavy atom. The van der Waals surface area contributed by atoms with Gasteiger partial charge in [0.2, 0.25) is 0 Å². The molecule has 0 aliphatic heterocycles. The maximum Gasteiger partial charge on any atom is 0.168 e. The average Bonchev–Trinajstić information content (AvgIpc) is 2.23. The summed E-state index contributed by atoms with van der Waals surface area (Å²) in [6.07, 6.45) is 0. The molecule has 0 saturated carbocycles. The monoisotopic (exact) mass is 210 g/mol. The third-order valence-corrected chi connectivity index (χ3v) is 2.30.